The maximum atomic E-state index is 11.3. The molecule has 76 valence electrons. The predicted octanol–water partition coefficient (Wildman–Crippen LogP) is 0.737. The molecule has 4 nitrogen and oxygen atoms in total. The number of hydrogen-bond acceptors (Lipinski definition) is 3. The highest BCUT2D eigenvalue weighted by Gasteiger charge is 2.19. The first-order valence-corrected chi connectivity index (χ1v) is 4.69. The molecule has 0 bridgehead atoms. The Morgan fingerprint density at radius 2 is 2.13 bits per heavy atom. The molecule has 0 radical (unpaired) electrons. The Hall–Kier alpha value is -1.88. The van der Waals surface area contributed by atoms with Gasteiger partial charge in [0, 0.05) is 0 Å². The molecule has 15 heavy (non-hydrogen) atoms. The zero-order valence-corrected chi connectivity index (χ0v) is 8.47. The highest BCUT2D eigenvalue weighted by Crippen LogP contribution is 2.14. The molecule has 3 N–H and O–H groups in total. The van der Waals surface area contributed by atoms with Crippen molar-refractivity contribution in [3.05, 3.63) is 35.5 Å². The van der Waals surface area contributed by atoms with Crippen LogP contribution in [0.15, 0.2) is 30.0 Å². The number of thiocarbonyl (C=S) groups is 1. The average Bonchev–Trinajstić information content (AvgIpc) is 2.45. The summed E-state index contributed by atoms with van der Waals surface area (Å²) >= 11 is 4.78. The smallest absolute Gasteiger partial charge is 0.273 e. The van der Waals surface area contributed by atoms with E-state index < -0.39 is 0 Å². The lowest BCUT2D eigenvalue weighted by Crippen LogP contribution is -2.21. The molecule has 0 atom stereocenters. The molecular weight excluding hydrogens is 212 g/mol. The van der Waals surface area contributed by atoms with Gasteiger partial charge in [-0.05, 0) is 36.0 Å². The van der Waals surface area contributed by atoms with Crippen LogP contribution in [0, 0.1) is 0 Å². The van der Waals surface area contributed by atoms with Crippen LogP contribution in [0.3, 0.4) is 0 Å². The molecule has 1 saturated heterocycles. The second-order valence-corrected chi connectivity index (χ2v) is 3.47. The van der Waals surface area contributed by atoms with Gasteiger partial charge in [-0.25, -0.2) is 0 Å². The molecule has 1 heterocycles. The van der Waals surface area contributed by atoms with Crippen molar-refractivity contribution in [3.8, 4) is 5.75 Å². The van der Waals surface area contributed by atoms with Crippen LogP contribution in [0.1, 0.15) is 5.56 Å². The molecule has 1 aliphatic rings. The number of nitrogens with one attached hydrogen (secondary N) is 2. The molecule has 0 saturated carbocycles. The first-order chi connectivity index (χ1) is 7.15. The Kier molecular flexibility index (Phi) is 2.39. The normalized spacial score (nSPS) is 17.7. The topological polar surface area (TPSA) is 61.4 Å². The lowest BCUT2D eigenvalue weighted by molar-refractivity contribution is -0.115. The van der Waals surface area contributed by atoms with E-state index in [2.05, 4.69) is 10.6 Å². The SMILES string of the molecule is O=C1NC(=S)N/C1=C\c1cccc(O)c1. The standard InChI is InChI=1S/C10H8N2O2S/c13-7-3-1-2-6(4-7)5-8-9(14)12-10(15)11-8/h1-5,13H,(H2,11,12,14,15)/b8-5-. The summed E-state index contributed by atoms with van der Waals surface area (Å²) in [6.07, 6.45) is 1.62. The zero-order valence-electron chi connectivity index (χ0n) is 7.65. The third kappa shape index (κ3) is 2.13. The fraction of sp³-hybridized carbons (Fsp3) is 0. The first kappa shape index (κ1) is 9.67. The van der Waals surface area contributed by atoms with E-state index in [9.17, 15) is 9.90 Å². The summed E-state index contributed by atoms with van der Waals surface area (Å²) in [6, 6.07) is 6.61. The van der Waals surface area contributed by atoms with Gasteiger partial charge in [0.05, 0.1) is 0 Å². The largest absolute Gasteiger partial charge is 0.508 e. The number of phenols is 1. The zero-order chi connectivity index (χ0) is 10.8. The van der Waals surface area contributed by atoms with Crippen molar-refractivity contribution >= 4 is 29.3 Å². The fourth-order valence-corrected chi connectivity index (χ4v) is 1.47. The summed E-state index contributed by atoms with van der Waals surface area (Å²) in [7, 11) is 0. The van der Waals surface area contributed by atoms with Crippen molar-refractivity contribution < 1.29 is 9.90 Å². The minimum atomic E-state index is -0.261. The van der Waals surface area contributed by atoms with Gasteiger partial charge in [-0.1, -0.05) is 12.1 Å². The van der Waals surface area contributed by atoms with Gasteiger partial charge in [0.15, 0.2) is 5.11 Å². The van der Waals surface area contributed by atoms with Crippen molar-refractivity contribution in [2.75, 3.05) is 0 Å². The molecule has 1 aromatic rings. The Balaban J connectivity index is 2.31. The Morgan fingerprint density at radius 1 is 1.33 bits per heavy atom. The van der Waals surface area contributed by atoms with Crippen LogP contribution in [0.2, 0.25) is 0 Å². The lowest BCUT2D eigenvalue weighted by atomic mass is 10.2. The summed E-state index contributed by atoms with van der Waals surface area (Å²) in [4.78, 5) is 11.3. The summed E-state index contributed by atoms with van der Waals surface area (Å²) in [6.45, 7) is 0. The van der Waals surface area contributed by atoms with Gasteiger partial charge in [0.1, 0.15) is 11.4 Å². The van der Waals surface area contributed by atoms with Gasteiger partial charge in [0.25, 0.3) is 5.91 Å². The van der Waals surface area contributed by atoms with E-state index in [-0.39, 0.29) is 11.7 Å². The minimum absolute atomic E-state index is 0.158. The number of rotatable bonds is 1. The van der Waals surface area contributed by atoms with Crippen LogP contribution >= 0.6 is 12.2 Å². The number of phenolic OH excluding ortho intramolecular Hbond substituents is 1. The maximum Gasteiger partial charge on any atom is 0.273 e. The summed E-state index contributed by atoms with van der Waals surface area (Å²) in [5, 5.41) is 14.7. The molecule has 0 spiro atoms. The Morgan fingerprint density at radius 3 is 2.73 bits per heavy atom. The predicted molar refractivity (Wildman–Crippen MR) is 60.0 cm³/mol. The number of hydrogen-bond donors (Lipinski definition) is 3. The third-order valence-corrected chi connectivity index (χ3v) is 2.11. The Bertz CT molecular complexity index is 468. The van der Waals surface area contributed by atoms with E-state index in [4.69, 9.17) is 12.2 Å². The van der Waals surface area contributed by atoms with Crippen molar-refractivity contribution in [1.82, 2.24) is 10.6 Å². The molecular formula is C10H8N2O2S. The quantitative estimate of drug-likeness (QED) is 0.482. The molecule has 1 amide bonds. The Labute approximate surface area is 91.6 Å². The summed E-state index contributed by atoms with van der Waals surface area (Å²) in [5.74, 6) is -0.103. The van der Waals surface area contributed by atoms with E-state index in [1.165, 1.54) is 0 Å². The van der Waals surface area contributed by atoms with Crippen LogP contribution < -0.4 is 10.6 Å². The van der Waals surface area contributed by atoms with E-state index in [0.29, 0.717) is 10.8 Å². The van der Waals surface area contributed by atoms with Crippen molar-refractivity contribution in [3.63, 3.8) is 0 Å². The van der Waals surface area contributed by atoms with E-state index in [0.717, 1.165) is 5.56 Å². The van der Waals surface area contributed by atoms with E-state index in [1.807, 2.05) is 0 Å². The monoisotopic (exact) mass is 220 g/mol. The van der Waals surface area contributed by atoms with Gasteiger partial charge in [0.2, 0.25) is 0 Å². The highest BCUT2D eigenvalue weighted by molar-refractivity contribution is 7.80. The molecule has 0 unspecified atom stereocenters. The third-order valence-electron chi connectivity index (χ3n) is 1.90. The highest BCUT2D eigenvalue weighted by atomic mass is 32.1. The molecule has 0 aromatic heterocycles. The molecule has 5 heteroatoms. The summed E-state index contributed by atoms with van der Waals surface area (Å²) in [5.41, 5.74) is 1.11. The number of amides is 1. The van der Waals surface area contributed by atoms with Crippen LogP contribution in [-0.4, -0.2) is 16.1 Å². The number of benzene rings is 1. The van der Waals surface area contributed by atoms with Gasteiger partial charge >= 0.3 is 0 Å². The van der Waals surface area contributed by atoms with Crippen LogP contribution in [-0.2, 0) is 4.79 Å². The average molecular weight is 220 g/mol. The van der Waals surface area contributed by atoms with Crippen molar-refractivity contribution in [2.45, 2.75) is 0 Å². The van der Waals surface area contributed by atoms with Crippen LogP contribution in [0.5, 0.6) is 5.75 Å². The van der Waals surface area contributed by atoms with Crippen LogP contribution in [0.4, 0.5) is 0 Å². The van der Waals surface area contributed by atoms with E-state index >= 15 is 0 Å². The van der Waals surface area contributed by atoms with Gasteiger partial charge in [-0.2, -0.15) is 0 Å². The van der Waals surface area contributed by atoms with E-state index in [1.54, 1.807) is 30.3 Å². The van der Waals surface area contributed by atoms with Crippen molar-refractivity contribution in [2.24, 2.45) is 0 Å². The van der Waals surface area contributed by atoms with Crippen LogP contribution in [0.25, 0.3) is 6.08 Å². The second-order valence-electron chi connectivity index (χ2n) is 3.06. The first-order valence-electron chi connectivity index (χ1n) is 4.28. The van der Waals surface area contributed by atoms with Gasteiger partial charge in [-0.3, -0.25) is 10.1 Å². The number of carbonyl (C=O) groups is 1. The number of carbonyl (C=O) groups excluding carboxylic acids is 1. The molecule has 1 aromatic carbocycles. The molecule has 1 fully saturated rings. The molecule has 0 aliphatic carbocycles. The van der Waals surface area contributed by atoms with Gasteiger partial charge in [-0.15, -0.1) is 0 Å². The summed E-state index contributed by atoms with van der Waals surface area (Å²) < 4.78 is 0. The molecule has 1 aliphatic heterocycles. The van der Waals surface area contributed by atoms with Gasteiger partial charge < -0.3 is 10.4 Å². The number of aromatic hydroxyl groups is 1. The lowest BCUT2D eigenvalue weighted by Gasteiger charge is -1.97. The van der Waals surface area contributed by atoms with Crippen molar-refractivity contribution in [1.29, 1.82) is 0 Å². The maximum absolute atomic E-state index is 11.3. The second kappa shape index (κ2) is 3.70. The minimum Gasteiger partial charge on any atom is -0.508 e. The fourth-order valence-electron chi connectivity index (χ4n) is 1.26. The molecule has 2 rings (SSSR count).